The van der Waals surface area contributed by atoms with Crippen LogP contribution in [0.5, 0.6) is 0 Å². The van der Waals surface area contributed by atoms with Crippen LogP contribution in [0.4, 0.5) is 5.69 Å². The van der Waals surface area contributed by atoms with Crippen LogP contribution in [0, 0.1) is 6.92 Å². The van der Waals surface area contributed by atoms with Gasteiger partial charge in [0.25, 0.3) is 5.56 Å². The van der Waals surface area contributed by atoms with E-state index in [4.69, 9.17) is 4.74 Å². The summed E-state index contributed by atoms with van der Waals surface area (Å²) in [4.78, 5) is 37.1. The quantitative estimate of drug-likeness (QED) is 0.453. The highest BCUT2D eigenvalue weighted by atomic mass is 32.2. The van der Waals surface area contributed by atoms with Crippen LogP contribution >= 0.6 is 0 Å². The fourth-order valence-corrected chi connectivity index (χ4v) is 4.16. The Kier molecular flexibility index (Phi) is 6.74. The van der Waals surface area contributed by atoms with E-state index in [0.717, 1.165) is 4.57 Å². The molecule has 1 fully saturated rings. The van der Waals surface area contributed by atoms with Crippen molar-refractivity contribution in [3.63, 3.8) is 0 Å². The molecule has 0 saturated carbocycles. The SMILES string of the molecule is CCC(=O)Nc1ccc(S(=O)(=O)NC[C@H]2O[C@@H](n3cc(C)c(=O)[nH]c3=O)C[C@@H]2O)cc1. The van der Waals surface area contributed by atoms with Gasteiger partial charge in [0.05, 0.1) is 17.1 Å². The van der Waals surface area contributed by atoms with Crippen molar-refractivity contribution in [3.8, 4) is 0 Å². The molecule has 1 aliphatic rings. The standard InChI is InChI=1S/C19H24N4O7S/c1-3-16(25)21-12-4-6-13(7-5-12)31(28,29)20-9-15-14(24)8-17(30-15)23-10-11(2)18(26)22-19(23)27/h4-7,10,14-15,17,20,24H,3,8-9H2,1-2H3,(H,21,25)(H,22,26,27)/t14-,15+,17+/m0/s1. The van der Waals surface area contributed by atoms with Gasteiger partial charge in [0.15, 0.2) is 0 Å². The zero-order valence-corrected chi connectivity index (χ0v) is 17.8. The summed E-state index contributed by atoms with van der Waals surface area (Å²) in [6.45, 7) is 3.02. The molecule has 0 bridgehead atoms. The average molecular weight is 452 g/mol. The molecule has 168 valence electrons. The van der Waals surface area contributed by atoms with Crippen molar-refractivity contribution in [2.75, 3.05) is 11.9 Å². The Hall–Kier alpha value is -2.80. The van der Waals surface area contributed by atoms with Crippen LogP contribution in [0.15, 0.2) is 44.9 Å². The number of ether oxygens (including phenoxy) is 1. The number of carbonyl (C=O) groups excluding carboxylic acids is 1. The zero-order valence-electron chi connectivity index (χ0n) is 17.0. The van der Waals surface area contributed by atoms with Gasteiger partial charge in [-0.2, -0.15) is 0 Å². The number of hydrogen-bond acceptors (Lipinski definition) is 7. The van der Waals surface area contributed by atoms with Gasteiger partial charge in [-0.05, 0) is 31.2 Å². The number of aliphatic hydroxyl groups is 1. The lowest BCUT2D eigenvalue weighted by Crippen LogP contribution is -2.37. The third-order valence-electron chi connectivity index (χ3n) is 4.90. The Morgan fingerprint density at radius 2 is 1.97 bits per heavy atom. The third kappa shape index (κ3) is 5.28. The lowest BCUT2D eigenvalue weighted by Gasteiger charge is -2.17. The summed E-state index contributed by atoms with van der Waals surface area (Å²) in [6, 6.07) is 5.66. The van der Waals surface area contributed by atoms with Gasteiger partial charge in [0.1, 0.15) is 6.23 Å². The van der Waals surface area contributed by atoms with E-state index in [2.05, 4.69) is 15.0 Å². The normalized spacial score (nSPS) is 21.2. The van der Waals surface area contributed by atoms with Crippen LogP contribution in [-0.4, -0.2) is 47.7 Å². The number of H-pyrrole nitrogens is 1. The Bertz CT molecular complexity index is 1170. The van der Waals surface area contributed by atoms with Crippen molar-refractivity contribution in [2.24, 2.45) is 0 Å². The van der Waals surface area contributed by atoms with Crippen molar-refractivity contribution < 1.29 is 23.1 Å². The Balaban J connectivity index is 1.65. The number of anilines is 1. The smallest absolute Gasteiger partial charge is 0.330 e. The first-order valence-corrected chi connectivity index (χ1v) is 11.1. The molecule has 0 aliphatic carbocycles. The summed E-state index contributed by atoms with van der Waals surface area (Å²) in [6.07, 6.45) is -1.04. The minimum absolute atomic E-state index is 0.0153. The predicted molar refractivity (Wildman–Crippen MR) is 111 cm³/mol. The topological polar surface area (TPSA) is 160 Å². The molecule has 1 aliphatic heterocycles. The highest BCUT2D eigenvalue weighted by Gasteiger charge is 2.36. The average Bonchev–Trinajstić information content (AvgIpc) is 3.10. The molecular weight excluding hydrogens is 428 g/mol. The van der Waals surface area contributed by atoms with Crippen molar-refractivity contribution in [3.05, 3.63) is 56.9 Å². The van der Waals surface area contributed by atoms with E-state index in [1.807, 2.05) is 0 Å². The van der Waals surface area contributed by atoms with Crippen LogP contribution in [0.1, 0.15) is 31.6 Å². The lowest BCUT2D eigenvalue weighted by molar-refractivity contribution is -0.115. The monoisotopic (exact) mass is 452 g/mol. The molecule has 0 radical (unpaired) electrons. The number of aromatic nitrogens is 2. The summed E-state index contributed by atoms with van der Waals surface area (Å²) in [5.74, 6) is -0.188. The summed E-state index contributed by atoms with van der Waals surface area (Å²) < 4.78 is 34.3. The van der Waals surface area contributed by atoms with Gasteiger partial charge in [0, 0.05) is 36.8 Å². The lowest BCUT2D eigenvalue weighted by atomic mass is 10.2. The number of aryl methyl sites for hydroxylation is 1. The number of aliphatic hydroxyl groups excluding tert-OH is 1. The number of nitrogens with one attached hydrogen (secondary N) is 3. The number of sulfonamides is 1. The van der Waals surface area contributed by atoms with Crippen LogP contribution in [-0.2, 0) is 19.6 Å². The first-order valence-electron chi connectivity index (χ1n) is 9.66. The largest absolute Gasteiger partial charge is 0.390 e. The van der Waals surface area contributed by atoms with E-state index < -0.39 is 39.7 Å². The van der Waals surface area contributed by atoms with Crippen molar-refractivity contribution >= 4 is 21.6 Å². The van der Waals surface area contributed by atoms with Crippen molar-refractivity contribution in [1.82, 2.24) is 14.3 Å². The molecule has 3 rings (SSSR count). The number of rotatable bonds is 7. The number of nitrogens with zero attached hydrogens (tertiary/aromatic N) is 1. The van der Waals surface area contributed by atoms with Gasteiger partial charge in [-0.25, -0.2) is 17.9 Å². The van der Waals surface area contributed by atoms with Gasteiger partial charge in [-0.15, -0.1) is 0 Å². The third-order valence-corrected chi connectivity index (χ3v) is 6.34. The van der Waals surface area contributed by atoms with Gasteiger partial charge >= 0.3 is 5.69 Å². The Morgan fingerprint density at radius 3 is 2.61 bits per heavy atom. The van der Waals surface area contributed by atoms with Gasteiger partial charge in [-0.3, -0.25) is 19.1 Å². The molecule has 2 aromatic rings. The first kappa shape index (κ1) is 22.9. The van der Waals surface area contributed by atoms with Crippen molar-refractivity contribution in [2.45, 2.75) is 50.0 Å². The number of aromatic amines is 1. The number of benzene rings is 1. The molecule has 1 aromatic carbocycles. The maximum absolute atomic E-state index is 12.5. The number of hydrogen-bond donors (Lipinski definition) is 4. The molecule has 1 amide bonds. The molecule has 31 heavy (non-hydrogen) atoms. The van der Waals surface area contributed by atoms with Crippen molar-refractivity contribution in [1.29, 1.82) is 0 Å². The summed E-state index contributed by atoms with van der Waals surface area (Å²) in [5.41, 5.74) is -0.404. The van der Waals surface area contributed by atoms with E-state index in [9.17, 15) is 27.9 Å². The van der Waals surface area contributed by atoms with E-state index in [0.29, 0.717) is 17.7 Å². The predicted octanol–water partition coefficient (Wildman–Crippen LogP) is -0.180. The Labute approximate surface area is 178 Å². The van der Waals surface area contributed by atoms with E-state index in [-0.39, 0.29) is 23.8 Å². The molecule has 12 heteroatoms. The second-order valence-electron chi connectivity index (χ2n) is 7.19. The van der Waals surface area contributed by atoms with Crippen LogP contribution in [0.2, 0.25) is 0 Å². The minimum atomic E-state index is -3.89. The fraction of sp³-hybridized carbons (Fsp3) is 0.421. The van der Waals surface area contributed by atoms with Crippen LogP contribution in [0.25, 0.3) is 0 Å². The summed E-state index contributed by atoms with van der Waals surface area (Å²) in [7, 11) is -3.89. The molecular formula is C19H24N4O7S. The number of amides is 1. The molecule has 2 heterocycles. The highest BCUT2D eigenvalue weighted by molar-refractivity contribution is 7.89. The summed E-state index contributed by atoms with van der Waals surface area (Å²) >= 11 is 0. The fourth-order valence-electron chi connectivity index (χ4n) is 3.11. The molecule has 11 nitrogen and oxygen atoms in total. The maximum Gasteiger partial charge on any atom is 0.330 e. The van der Waals surface area contributed by atoms with Gasteiger partial charge in [0.2, 0.25) is 15.9 Å². The second-order valence-corrected chi connectivity index (χ2v) is 8.96. The second kappa shape index (κ2) is 9.14. The number of carbonyl (C=O) groups is 1. The van der Waals surface area contributed by atoms with Crippen LogP contribution in [0.3, 0.4) is 0 Å². The first-order chi connectivity index (χ1) is 14.6. The van der Waals surface area contributed by atoms with Crippen LogP contribution < -0.4 is 21.3 Å². The molecule has 0 unspecified atom stereocenters. The maximum atomic E-state index is 12.5. The van der Waals surface area contributed by atoms with E-state index >= 15 is 0 Å². The molecule has 3 atom stereocenters. The molecule has 4 N–H and O–H groups in total. The molecule has 0 spiro atoms. The molecule has 1 aromatic heterocycles. The Morgan fingerprint density at radius 1 is 1.29 bits per heavy atom. The van der Waals surface area contributed by atoms with E-state index in [1.54, 1.807) is 6.92 Å². The minimum Gasteiger partial charge on any atom is -0.390 e. The van der Waals surface area contributed by atoms with E-state index in [1.165, 1.54) is 37.4 Å². The van der Waals surface area contributed by atoms with Gasteiger partial charge < -0.3 is 15.2 Å². The highest BCUT2D eigenvalue weighted by Crippen LogP contribution is 2.27. The summed E-state index contributed by atoms with van der Waals surface area (Å²) in [5, 5.41) is 12.9. The van der Waals surface area contributed by atoms with Gasteiger partial charge in [-0.1, -0.05) is 6.92 Å². The molecule has 1 saturated heterocycles. The zero-order chi connectivity index (χ0) is 22.8.